The second-order valence-corrected chi connectivity index (χ2v) is 8.09. The average Bonchev–Trinajstić information content (AvgIpc) is 2.79. The number of aromatic nitrogens is 1. The van der Waals surface area contributed by atoms with Crippen LogP contribution in [0, 0.1) is 20.8 Å². The summed E-state index contributed by atoms with van der Waals surface area (Å²) in [4.78, 5) is 4.49. The minimum Gasteiger partial charge on any atom is -0.398 e. The van der Waals surface area contributed by atoms with E-state index in [0.29, 0.717) is 5.56 Å². The van der Waals surface area contributed by atoms with E-state index in [1.807, 2.05) is 25.3 Å². The molecular weight excluding hydrogens is 306 g/mol. The molecule has 0 saturated carbocycles. The Morgan fingerprint density at radius 3 is 2.52 bits per heavy atom. The first-order valence-corrected chi connectivity index (χ1v) is 8.78. The summed E-state index contributed by atoms with van der Waals surface area (Å²) in [7, 11) is -2.09. The second kappa shape index (κ2) is 5.75. The molecule has 1 aromatic carbocycles. The Kier molecular flexibility index (Phi) is 4.36. The van der Waals surface area contributed by atoms with Gasteiger partial charge in [-0.15, -0.1) is 11.3 Å². The van der Waals surface area contributed by atoms with Gasteiger partial charge in [-0.1, -0.05) is 6.07 Å². The lowest BCUT2D eigenvalue weighted by molar-refractivity contribution is 0.462. The van der Waals surface area contributed by atoms with Crippen LogP contribution in [-0.2, 0) is 16.6 Å². The molecule has 0 radical (unpaired) electrons. The van der Waals surface area contributed by atoms with Crippen molar-refractivity contribution >= 4 is 27.0 Å². The maximum absolute atomic E-state index is 12.8. The van der Waals surface area contributed by atoms with Crippen LogP contribution in [0.4, 0.5) is 5.69 Å². The summed E-state index contributed by atoms with van der Waals surface area (Å²) >= 11 is 1.50. The zero-order valence-electron chi connectivity index (χ0n) is 12.5. The maximum atomic E-state index is 12.8. The normalized spacial score (nSPS) is 12.0. The molecule has 0 bridgehead atoms. The van der Waals surface area contributed by atoms with Crippen LogP contribution in [-0.4, -0.2) is 24.8 Å². The number of rotatable bonds is 4. The Labute approximate surface area is 129 Å². The molecule has 0 aliphatic rings. The van der Waals surface area contributed by atoms with E-state index in [1.54, 1.807) is 20.0 Å². The van der Waals surface area contributed by atoms with Crippen LogP contribution in [0.1, 0.15) is 21.8 Å². The fraction of sp³-hybridized carbons (Fsp3) is 0.357. The van der Waals surface area contributed by atoms with Crippen molar-refractivity contribution in [1.29, 1.82) is 0 Å². The third-order valence-electron chi connectivity index (χ3n) is 3.43. The number of hydrogen-bond donors (Lipinski definition) is 1. The van der Waals surface area contributed by atoms with Crippen LogP contribution in [0.15, 0.2) is 22.4 Å². The Balaban J connectivity index is 2.40. The van der Waals surface area contributed by atoms with Crippen molar-refractivity contribution < 1.29 is 8.42 Å². The minimum absolute atomic E-state index is 0.192. The van der Waals surface area contributed by atoms with Crippen molar-refractivity contribution in [2.75, 3.05) is 12.8 Å². The first-order chi connectivity index (χ1) is 9.73. The van der Waals surface area contributed by atoms with Gasteiger partial charge in [0.25, 0.3) is 0 Å². The maximum Gasteiger partial charge on any atom is 0.245 e. The van der Waals surface area contributed by atoms with Crippen LogP contribution in [0.2, 0.25) is 0 Å². The number of benzene rings is 1. The van der Waals surface area contributed by atoms with Gasteiger partial charge in [0.1, 0.15) is 4.90 Å². The van der Waals surface area contributed by atoms with Gasteiger partial charge in [0.2, 0.25) is 10.0 Å². The van der Waals surface area contributed by atoms with Crippen molar-refractivity contribution in [3.63, 3.8) is 0 Å². The van der Waals surface area contributed by atoms with E-state index in [1.165, 1.54) is 15.6 Å². The van der Waals surface area contributed by atoms with Crippen LogP contribution in [0.5, 0.6) is 0 Å². The van der Waals surface area contributed by atoms with Gasteiger partial charge in [-0.05, 0) is 38.0 Å². The van der Waals surface area contributed by atoms with Crippen molar-refractivity contribution in [3.05, 3.63) is 39.3 Å². The predicted octanol–water partition coefficient (Wildman–Crippen LogP) is 2.47. The van der Waals surface area contributed by atoms with Gasteiger partial charge in [0, 0.05) is 12.4 Å². The average molecular weight is 325 g/mol. The van der Waals surface area contributed by atoms with Gasteiger partial charge in [-0.2, -0.15) is 4.31 Å². The van der Waals surface area contributed by atoms with Crippen LogP contribution < -0.4 is 5.73 Å². The molecule has 114 valence electrons. The largest absolute Gasteiger partial charge is 0.398 e. The summed E-state index contributed by atoms with van der Waals surface area (Å²) in [5.41, 5.74) is 8.51. The lowest BCUT2D eigenvalue weighted by Crippen LogP contribution is -2.28. The molecule has 0 saturated heterocycles. The quantitative estimate of drug-likeness (QED) is 0.876. The summed E-state index contributed by atoms with van der Waals surface area (Å²) in [6.45, 7) is 5.78. The Hall–Kier alpha value is -1.44. The van der Waals surface area contributed by atoms with E-state index < -0.39 is 10.0 Å². The number of thiazole rings is 1. The highest BCUT2D eigenvalue weighted by Crippen LogP contribution is 2.28. The molecule has 0 aliphatic carbocycles. The van der Waals surface area contributed by atoms with Gasteiger partial charge in [0.05, 0.1) is 22.9 Å². The zero-order chi connectivity index (χ0) is 15.8. The molecule has 1 heterocycles. The topological polar surface area (TPSA) is 76.3 Å². The first-order valence-electron chi connectivity index (χ1n) is 6.46. The lowest BCUT2D eigenvalue weighted by atomic mass is 10.1. The molecule has 0 amide bonds. The van der Waals surface area contributed by atoms with Gasteiger partial charge < -0.3 is 5.73 Å². The van der Waals surface area contributed by atoms with E-state index in [9.17, 15) is 8.42 Å². The molecule has 0 fully saturated rings. The highest BCUT2D eigenvalue weighted by Gasteiger charge is 2.26. The van der Waals surface area contributed by atoms with Crippen molar-refractivity contribution in [2.24, 2.45) is 0 Å². The molecule has 2 rings (SSSR count). The highest BCUT2D eigenvalue weighted by molar-refractivity contribution is 7.89. The molecule has 5 nitrogen and oxygen atoms in total. The van der Waals surface area contributed by atoms with E-state index in [0.717, 1.165) is 16.3 Å². The van der Waals surface area contributed by atoms with E-state index in [-0.39, 0.29) is 17.1 Å². The molecule has 1 aromatic heterocycles. The van der Waals surface area contributed by atoms with Gasteiger partial charge >= 0.3 is 0 Å². The van der Waals surface area contributed by atoms with Gasteiger partial charge in [-0.25, -0.2) is 13.4 Å². The lowest BCUT2D eigenvalue weighted by Gasteiger charge is -2.20. The number of nitrogen functional groups attached to an aromatic ring is 1. The molecule has 0 aliphatic heterocycles. The minimum atomic E-state index is -3.64. The van der Waals surface area contributed by atoms with Crippen LogP contribution in [0.3, 0.4) is 0 Å². The van der Waals surface area contributed by atoms with Gasteiger partial charge in [-0.3, -0.25) is 0 Å². The highest BCUT2D eigenvalue weighted by atomic mass is 32.2. The van der Waals surface area contributed by atoms with Crippen LogP contribution in [0.25, 0.3) is 0 Å². The van der Waals surface area contributed by atoms with Crippen molar-refractivity contribution in [3.8, 4) is 0 Å². The van der Waals surface area contributed by atoms with Crippen molar-refractivity contribution in [1.82, 2.24) is 9.29 Å². The fourth-order valence-corrected chi connectivity index (χ4v) is 4.23. The zero-order valence-corrected chi connectivity index (χ0v) is 14.2. The smallest absolute Gasteiger partial charge is 0.245 e. The molecular formula is C14H19N3O2S2. The summed E-state index contributed by atoms with van der Waals surface area (Å²) in [5.74, 6) is 0. The number of nitrogens with zero attached hydrogens (tertiary/aromatic N) is 2. The fourth-order valence-electron chi connectivity index (χ4n) is 2.10. The van der Waals surface area contributed by atoms with Gasteiger partial charge in [0.15, 0.2) is 0 Å². The Morgan fingerprint density at radius 1 is 1.29 bits per heavy atom. The number of aryl methyl sites for hydroxylation is 2. The predicted molar refractivity (Wildman–Crippen MR) is 85.8 cm³/mol. The summed E-state index contributed by atoms with van der Waals surface area (Å²) < 4.78 is 26.8. The van der Waals surface area contributed by atoms with Crippen molar-refractivity contribution in [2.45, 2.75) is 32.2 Å². The van der Waals surface area contributed by atoms with E-state index in [2.05, 4.69) is 4.98 Å². The number of sulfonamides is 1. The second-order valence-electron chi connectivity index (χ2n) is 5.04. The van der Waals surface area contributed by atoms with E-state index >= 15 is 0 Å². The third kappa shape index (κ3) is 3.09. The molecule has 7 heteroatoms. The first kappa shape index (κ1) is 15.9. The Bertz CT molecular complexity index is 767. The summed E-state index contributed by atoms with van der Waals surface area (Å²) in [6.07, 6.45) is 0. The van der Waals surface area contributed by atoms with E-state index in [4.69, 9.17) is 5.73 Å². The molecule has 0 atom stereocenters. The van der Waals surface area contributed by atoms with Crippen LogP contribution >= 0.6 is 11.3 Å². The monoisotopic (exact) mass is 325 g/mol. The standard InChI is InChI=1S/C14H19N3O2S2/c1-9-5-6-13(15)14(10(9)2)21(18,19)17(4)7-12-8-20-11(3)16-12/h5-6,8H,7,15H2,1-4H3. The molecule has 2 aromatic rings. The number of hydrogen-bond acceptors (Lipinski definition) is 5. The molecule has 0 unspecified atom stereocenters. The summed E-state index contributed by atoms with van der Waals surface area (Å²) in [6, 6.07) is 3.46. The molecule has 0 spiro atoms. The summed E-state index contributed by atoms with van der Waals surface area (Å²) in [5, 5.41) is 2.79. The number of nitrogens with two attached hydrogens (primary N) is 1. The molecule has 21 heavy (non-hydrogen) atoms. The number of anilines is 1. The Morgan fingerprint density at radius 2 is 1.95 bits per heavy atom. The third-order valence-corrected chi connectivity index (χ3v) is 6.26. The molecule has 2 N–H and O–H groups in total. The SMILES string of the molecule is Cc1nc(CN(C)S(=O)(=O)c2c(N)ccc(C)c2C)cs1.